The molecular formula is C14H22ClNOS. The first-order valence-corrected chi connectivity index (χ1v) is 7.38. The molecule has 0 aliphatic heterocycles. The maximum Gasteiger partial charge on any atom is 0.137 e. The minimum atomic E-state index is 0.269. The summed E-state index contributed by atoms with van der Waals surface area (Å²) in [5.74, 6) is 1.75. The van der Waals surface area contributed by atoms with Crippen LogP contribution in [0.5, 0.6) is 5.75 Å². The zero-order chi connectivity index (χ0) is 13.8. The van der Waals surface area contributed by atoms with E-state index in [1.165, 1.54) is 5.56 Å². The number of halogens is 1. The van der Waals surface area contributed by atoms with Crippen molar-refractivity contribution in [3.05, 3.63) is 28.8 Å². The van der Waals surface area contributed by atoms with E-state index in [0.717, 1.165) is 11.5 Å². The third-order valence-corrected chi connectivity index (χ3v) is 4.29. The Morgan fingerprint density at radius 3 is 2.56 bits per heavy atom. The minimum Gasteiger partial charge on any atom is -0.495 e. The van der Waals surface area contributed by atoms with Gasteiger partial charge in [-0.1, -0.05) is 38.4 Å². The lowest BCUT2D eigenvalue weighted by atomic mass is 10.1. The second kappa shape index (κ2) is 6.69. The Bertz CT molecular complexity index is 390. The molecule has 1 atom stereocenters. The molecule has 0 saturated carbocycles. The van der Waals surface area contributed by atoms with E-state index in [2.05, 4.69) is 32.2 Å². The number of thioether (sulfide) groups is 1. The van der Waals surface area contributed by atoms with E-state index in [4.69, 9.17) is 16.3 Å². The molecule has 1 rings (SSSR count). The largest absolute Gasteiger partial charge is 0.495 e. The molecule has 4 heteroatoms. The van der Waals surface area contributed by atoms with Gasteiger partial charge in [-0.25, -0.2) is 0 Å². The second-order valence-corrected chi connectivity index (χ2v) is 7.41. The number of nitrogens with one attached hydrogen (secondary N) is 1. The highest BCUT2D eigenvalue weighted by atomic mass is 35.5. The van der Waals surface area contributed by atoms with Gasteiger partial charge in [-0.15, -0.1) is 0 Å². The van der Waals surface area contributed by atoms with E-state index < -0.39 is 0 Å². The number of benzene rings is 1. The average Bonchev–Trinajstić information content (AvgIpc) is 2.30. The van der Waals surface area contributed by atoms with Crippen LogP contribution in [-0.4, -0.2) is 24.7 Å². The van der Waals surface area contributed by atoms with Gasteiger partial charge in [0.05, 0.1) is 12.1 Å². The molecule has 0 spiro atoms. The Morgan fingerprint density at radius 2 is 2.06 bits per heavy atom. The van der Waals surface area contributed by atoms with Crippen LogP contribution >= 0.6 is 23.4 Å². The van der Waals surface area contributed by atoms with Crippen molar-refractivity contribution in [3.8, 4) is 5.75 Å². The van der Waals surface area contributed by atoms with Crippen LogP contribution in [0.15, 0.2) is 18.2 Å². The van der Waals surface area contributed by atoms with Crippen molar-refractivity contribution in [1.82, 2.24) is 5.32 Å². The molecule has 0 saturated heterocycles. The predicted octanol–water partition coefficient (Wildman–Crippen LogP) is 4.14. The van der Waals surface area contributed by atoms with Crippen molar-refractivity contribution in [1.29, 1.82) is 0 Å². The predicted molar refractivity (Wildman–Crippen MR) is 82.0 cm³/mol. The Balaban J connectivity index is 2.82. The average molecular weight is 288 g/mol. The quantitative estimate of drug-likeness (QED) is 0.879. The summed E-state index contributed by atoms with van der Waals surface area (Å²) in [6.07, 6.45) is 0. The first-order valence-electron chi connectivity index (χ1n) is 6.02. The van der Waals surface area contributed by atoms with Gasteiger partial charge in [0.2, 0.25) is 0 Å². The van der Waals surface area contributed by atoms with Gasteiger partial charge in [0.25, 0.3) is 0 Å². The molecule has 0 fully saturated rings. The number of methoxy groups -OCH3 is 1. The molecule has 0 heterocycles. The first kappa shape index (κ1) is 15.7. The molecule has 1 unspecified atom stereocenters. The van der Waals surface area contributed by atoms with E-state index in [1.807, 2.05) is 30.9 Å². The van der Waals surface area contributed by atoms with Crippen molar-refractivity contribution in [2.75, 3.05) is 19.9 Å². The van der Waals surface area contributed by atoms with E-state index in [-0.39, 0.29) is 4.75 Å². The fourth-order valence-corrected chi connectivity index (χ4v) is 2.79. The topological polar surface area (TPSA) is 21.3 Å². The van der Waals surface area contributed by atoms with Crippen molar-refractivity contribution in [2.45, 2.75) is 31.6 Å². The van der Waals surface area contributed by atoms with Crippen LogP contribution < -0.4 is 10.1 Å². The van der Waals surface area contributed by atoms with Crippen LogP contribution in [0.25, 0.3) is 0 Å². The smallest absolute Gasteiger partial charge is 0.137 e. The van der Waals surface area contributed by atoms with E-state index in [9.17, 15) is 0 Å². The second-order valence-electron chi connectivity index (χ2n) is 5.16. The highest BCUT2D eigenvalue weighted by molar-refractivity contribution is 8.00. The standard InChI is InChI=1S/C14H22ClNOS/c1-14(2,3)18-9-12(16-4)10-6-7-11(15)13(8-10)17-5/h6-8,12,16H,9H2,1-5H3. The fraction of sp³-hybridized carbons (Fsp3) is 0.571. The number of hydrogen-bond acceptors (Lipinski definition) is 3. The van der Waals surface area contributed by atoms with Crippen LogP contribution in [0.4, 0.5) is 0 Å². The number of ether oxygens (including phenoxy) is 1. The van der Waals surface area contributed by atoms with Crippen LogP contribution in [0.1, 0.15) is 32.4 Å². The molecule has 102 valence electrons. The molecule has 0 aliphatic carbocycles. The molecule has 0 radical (unpaired) electrons. The van der Waals surface area contributed by atoms with Gasteiger partial charge in [-0.3, -0.25) is 0 Å². The SMILES string of the molecule is CNC(CSC(C)(C)C)c1ccc(Cl)c(OC)c1. The Labute approximate surface area is 119 Å². The van der Waals surface area contributed by atoms with E-state index >= 15 is 0 Å². The third kappa shape index (κ3) is 4.71. The fourth-order valence-electron chi connectivity index (χ4n) is 1.57. The summed E-state index contributed by atoms with van der Waals surface area (Å²) in [7, 11) is 3.62. The minimum absolute atomic E-state index is 0.269. The normalized spacial score (nSPS) is 13.4. The van der Waals surface area contributed by atoms with Gasteiger partial charge in [0, 0.05) is 16.5 Å². The lowest BCUT2D eigenvalue weighted by Crippen LogP contribution is -2.21. The summed E-state index contributed by atoms with van der Waals surface area (Å²) < 4.78 is 5.53. The van der Waals surface area contributed by atoms with Gasteiger partial charge in [-0.2, -0.15) is 11.8 Å². The van der Waals surface area contributed by atoms with Gasteiger partial charge in [-0.05, 0) is 24.7 Å². The molecule has 0 aromatic heterocycles. The lowest BCUT2D eigenvalue weighted by Gasteiger charge is -2.23. The van der Waals surface area contributed by atoms with Gasteiger partial charge >= 0.3 is 0 Å². The van der Waals surface area contributed by atoms with E-state index in [0.29, 0.717) is 11.1 Å². The summed E-state index contributed by atoms with van der Waals surface area (Å²) in [5.41, 5.74) is 1.20. The molecule has 0 aliphatic rings. The Hall–Kier alpha value is -0.380. The van der Waals surface area contributed by atoms with E-state index in [1.54, 1.807) is 7.11 Å². The van der Waals surface area contributed by atoms with Crippen LogP contribution in [0, 0.1) is 0 Å². The monoisotopic (exact) mass is 287 g/mol. The van der Waals surface area contributed by atoms with Gasteiger partial charge < -0.3 is 10.1 Å². The summed E-state index contributed by atoms with van der Waals surface area (Å²) in [6, 6.07) is 6.25. The van der Waals surface area contributed by atoms with Gasteiger partial charge in [0.1, 0.15) is 5.75 Å². The molecular weight excluding hydrogens is 266 g/mol. The maximum atomic E-state index is 6.04. The molecule has 1 aromatic rings. The first-order chi connectivity index (χ1) is 8.37. The highest BCUT2D eigenvalue weighted by Crippen LogP contribution is 2.31. The third-order valence-electron chi connectivity index (χ3n) is 2.61. The summed E-state index contributed by atoms with van der Waals surface area (Å²) >= 11 is 7.99. The molecule has 0 bridgehead atoms. The summed E-state index contributed by atoms with van der Waals surface area (Å²) in [5, 5.41) is 3.99. The Kier molecular flexibility index (Phi) is 5.83. The zero-order valence-corrected chi connectivity index (χ0v) is 13.3. The van der Waals surface area contributed by atoms with Crippen LogP contribution in [0.2, 0.25) is 5.02 Å². The molecule has 2 nitrogen and oxygen atoms in total. The van der Waals surface area contributed by atoms with Crippen molar-refractivity contribution >= 4 is 23.4 Å². The number of rotatable bonds is 5. The summed E-state index contributed by atoms with van der Waals surface area (Å²) in [4.78, 5) is 0. The number of hydrogen-bond donors (Lipinski definition) is 1. The van der Waals surface area contributed by atoms with Crippen LogP contribution in [-0.2, 0) is 0 Å². The Morgan fingerprint density at radius 1 is 1.39 bits per heavy atom. The molecule has 18 heavy (non-hydrogen) atoms. The highest BCUT2D eigenvalue weighted by Gasteiger charge is 2.17. The van der Waals surface area contributed by atoms with Crippen molar-refractivity contribution < 1.29 is 4.74 Å². The van der Waals surface area contributed by atoms with Crippen molar-refractivity contribution in [2.24, 2.45) is 0 Å². The maximum absolute atomic E-state index is 6.04. The van der Waals surface area contributed by atoms with Crippen molar-refractivity contribution in [3.63, 3.8) is 0 Å². The lowest BCUT2D eigenvalue weighted by molar-refractivity contribution is 0.414. The summed E-state index contributed by atoms with van der Waals surface area (Å²) in [6.45, 7) is 6.69. The zero-order valence-electron chi connectivity index (χ0n) is 11.7. The van der Waals surface area contributed by atoms with Gasteiger partial charge in [0.15, 0.2) is 0 Å². The molecule has 1 aromatic carbocycles. The molecule has 0 amide bonds. The van der Waals surface area contributed by atoms with Crippen LogP contribution in [0.3, 0.4) is 0 Å². The molecule has 1 N–H and O–H groups in total.